The highest BCUT2D eigenvalue weighted by atomic mass is 35.5. The number of hydrogen-bond donors (Lipinski definition) is 1. The average molecular weight is 423 g/mol. The zero-order valence-corrected chi connectivity index (χ0v) is 17.8. The Morgan fingerprint density at radius 3 is 2.38 bits per heavy atom. The van der Waals surface area contributed by atoms with Crippen molar-refractivity contribution < 1.29 is 18.6 Å². The van der Waals surface area contributed by atoms with E-state index < -0.39 is 6.67 Å². The van der Waals surface area contributed by atoms with Gasteiger partial charge in [0.15, 0.2) is 0 Å². The number of nitrogens with zero attached hydrogens (tertiary/aromatic N) is 1. The van der Waals surface area contributed by atoms with Crippen molar-refractivity contribution >= 4 is 23.3 Å². The van der Waals surface area contributed by atoms with Crippen LogP contribution < -0.4 is 5.32 Å². The van der Waals surface area contributed by atoms with Crippen molar-refractivity contribution in [1.82, 2.24) is 0 Å². The van der Waals surface area contributed by atoms with Crippen LogP contribution in [0.2, 0.25) is 5.02 Å². The van der Waals surface area contributed by atoms with E-state index in [2.05, 4.69) is 33.8 Å². The van der Waals surface area contributed by atoms with Gasteiger partial charge in [-0.25, -0.2) is 9.38 Å². The van der Waals surface area contributed by atoms with E-state index >= 15 is 0 Å². The third kappa shape index (κ3) is 9.09. The van der Waals surface area contributed by atoms with Gasteiger partial charge in [0.2, 0.25) is 0 Å². The highest BCUT2D eigenvalue weighted by Gasteiger charge is 2.10. The number of nitrogens with one attached hydrogen (secondary N) is 1. The molecule has 0 bridgehead atoms. The molecule has 1 N–H and O–H groups in total. The molecule has 5 nitrogen and oxygen atoms in total. The summed E-state index contributed by atoms with van der Waals surface area (Å²) in [4.78, 5) is 4.23. The number of ether oxygens (including phenoxy) is 3. The maximum absolute atomic E-state index is 10.6. The molecule has 29 heavy (non-hydrogen) atoms. The van der Waals surface area contributed by atoms with Crippen LogP contribution in [-0.2, 0) is 20.8 Å². The Bertz CT molecular complexity index is 767. The van der Waals surface area contributed by atoms with Gasteiger partial charge in [0.05, 0.1) is 13.2 Å². The molecule has 7 heteroatoms. The molecule has 0 amide bonds. The van der Waals surface area contributed by atoms with Crippen LogP contribution in [0.3, 0.4) is 0 Å². The van der Waals surface area contributed by atoms with Crippen LogP contribution in [0.1, 0.15) is 5.56 Å². The van der Waals surface area contributed by atoms with Gasteiger partial charge in [-0.1, -0.05) is 35.9 Å². The van der Waals surface area contributed by atoms with Gasteiger partial charge in [0.25, 0.3) is 6.02 Å². The van der Waals surface area contributed by atoms with Crippen LogP contribution >= 0.6 is 11.6 Å². The first-order valence-corrected chi connectivity index (χ1v) is 9.36. The number of anilines is 1. The monoisotopic (exact) mass is 422 g/mol. The maximum Gasteiger partial charge on any atom is 0.289 e. The molecule has 3 rings (SSSR count). The van der Waals surface area contributed by atoms with Gasteiger partial charge in [-0.15, -0.1) is 6.58 Å². The van der Waals surface area contributed by atoms with Crippen LogP contribution in [0.15, 0.2) is 60.1 Å². The lowest BCUT2D eigenvalue weighted by atomic mass is 9.99. The van der Waals surface area contributed by atoms with E-state index in [4.69, 9.17) is 21.1 Å². The molecule has 0 spiro atoms. The van der Waals surface area contributed by atoms with Crippen LogP contribution in [0.5, 0.6) is 0 Å². The molecule has 158 valence electrons. The number of hydrogen-bond acceptors (Lipinski definition) is 5. The first-order chi connectivity index (χ1) is 14.1. The lowest BCUT2D eigenvalue weighted by molar-refractivity contribution is 0.185. The second kappa shape index (κ2) is 14.6. The number of aliphatic imine (C=N–C) groups is 1. The summed E-state index contributed by atoms with van der Waals surface area (Å²) in [7, 11) is 4.94. The normalized spacial score (nSPS) is 11.8. The Kier molecular flexibility index (Phi) is 12.4. The van der Waals surface area contributed by atoms with Crippen molar-refractivity contribution in [2.75, 3.05) is 46.5 Å². The number of halogens is 2. The van der Waals surface area contributed by atoms with Crippen LogP contribution in [0.4, 0.5) is 10.1 Å². The maximum atomic E-state index is 10.6. The SMILES string of the molecule is C=CCF.COC.COCc1cc(NC2=NCCO2)ccc1-c1ccc(Cl)cc1. The molecule has 0 fully saturated rings. The Morgan fingerprint density at radius 2 is 1.86 bits per heavy atom. The lowest BCUT2D eigenvalue weighted by Gasteiger charge is -2.13. The Morgan fingerprint density at radius 1 is 1.21 bits per heavy atom. The van der Waals surface area contributed by atoms with E-state index in [9.17, 15) is 4.39 Å². The first kappa shape index (κ1) is 24.6. The summed E-state index contributed by atoms with van der Waals surface area (Å²) in [6.07, 6.45) is 1.21. The van der Waals surface area contributed by atoms with Crippen LogP contribution in [0.25, 0.3) is 11.1 Å². The number of amidine groups is 1. The topological polar surface area (TPSA) is 52.1 Å². The van der Waals surface area contributed by atoms with Gasteiger partial charge in [0.1, 0.15) is 13.3 Å². The van der Waals surface area contributed by atoms with E-state index in [1.54, 1.807) is 21.3 Å². The Balaban J connectivity index is 0.000000526. The second-order valence-electron chi connectivity index (χ2n) is 5.82. The first-order valence-electron chi connectivity index (χ1n) is 8.98. The minimum absolute atomic E-state index is 0.417. The largest absolute Gasteiger partial charge is 0.463 e. The highest BCUT2D eigenvalue weighted by molar-refractivity contribution is 6.30. The number of benzene rings is 2. The second-order valence-corrected chi connectivity index (χ2v) is 6.26. The van der Waals surface area contributed by atoms with Crippen LogP contribution in [0, 0.1) is 0 Å². The summed E-state index contributed by atoms with van der Waals surface area (Å²) in [5.41, 5.74) is 4.26. The smallest absolute Gasteiger partial charge is 0.289 e. The van der Waals surface area contributed by atoms with Crippen molar-refractivity contribution in [3.63, 3.8) is 0 Å². The third-order valence-electron chi connectivity index (χ3n) is 3.51. The quantitative estimate of drug-likeness (QED) is 0.659. The zero-order valence-electron chi connectivity index (χ0n) is 17.1. The predicted octanol–water partition coefficient (Wildman–Crippen LogP) is 5.36. The molecule has 0 radical (unpaired) electrons. The van der Waals surface area contributed by atoms with Gasteiger partial charge in [-0.3, -0.25) is 0 Å². The molecule has 1 aliphatic heterocycles. The minimum Gasteiger partial charge on any atom is -0.463 e. The lowest BCUT2D eigenvalue weighted by Crippen LogP contribution is -2.12. The van der Waals surface area contributed by atoms with Crippen molar-refractivity contribution in [2.45, 2.75) is 6.61 Å². The van der Waals surface area contributed by atoms with E-state index in [-0.39, 0.29) is 0 Å². The molecule has 0 saturated carbocycles. The molecule has 2 aromatic carbocycles. The van der Waals surface area contributed by atoms with Gasteiger partial charge in [0, 0.05) is 32.0 Å². The summed E-state index contributed by atoms with van der Waals surface area (Å²) >= 11 is 5.96. The van der Waals surface area contributed by atoms with E-state index in [1.165, 1.54) is 6.08 Å². The summed E-state index contributed by atoms with van der Waals surface area (Å²) in [5, 5.41) is 3.91. The average Bonchev–Trinajstić information content (AvgIpc) is 3.23. The number of rotatable bonds is 5. The van der Waals surface area contributed by atoms with Gasteiger partial charge >= 0.3 is 0 Å². The number of methoxy groups -OCH3 is 2. The van der Waals surface area contributed by atoms with Crippen molar-refractivity contribution in [2.24, 2.45) is 4.99 Å². The fraction of sp³-hybridized carbons (Fsp3) is 0.318. The highest BCUT2D eigenvalue weighted by Crippen LogP contribution is 2.28. The Hall–Kier alpha value is -2.41. The molecule has 0 saturated heterocycles. The minimum atomic E-state index is -0.417. The standard InChI is InChI=1S/C17H17ClN2O2.C3H5F.C2H6O/c1-21-11-13-10-15(20-17-19-8-9-22-17)6-7-16(13)12-2-4-14(18)5-3-12;1-2-3-4;1-3-2/h2-7,10H,8-9,11H2,1H3,(H,19,20);2H,1,3H2;1-2H3. The molecular weight excluding hydrogens is 395 g/mol. The van der Waals surface area contributed by atoms with Gasteiger partial charge in [-0.05, 0) is 41.0 Å². The Labute approximate surface area is 177 Å². The van der Waals surface area contributed by atoms with Crippen molar-refractivity contribution in [3.05, 3.63) is 65.7 Å². The van der Waals surface area contributed by atoms with Crippen LogP contribution in [-0.4, -0.2) is 47.2 Å². The molecule has 0 atom stereocenters. The number of allylic oxidation sites excluding steroid dienone is 1. The molecule has 0 aromatic heterocycles. The molecule has 1 heterocycles. The van der Waals surface area contributed by atoms with E-state index in [1.807, 2.05) is 30.3 Å². The van der Waals surface area contributed by atoms with E-state index in [0.717, 1.165) is 27.4 Å². The summed E-state index contributed by atoms with van der Waals surface area (Å²) < 4.78 is 25.6. The molecule has 1 aliphatic rings. The van der Waals surface area contributed by atoms with Crippen molar-refractivity contribution in [1.29, 1.82) is 0 Å². The third-order valence-corrected chi connectivity index (χ3v) is 3.76. The molecule has 0 unspecified atom stereocenters. The molecule has 0 aliphatic carbocycles. The van der Waals surface area contributed by atoms with Crippen molar-refractivity contribution in [3.8, 4) is 11.1 Å². The zero-order chi connectivity index (χ0) is 21.5. The summed E-state index contributed by atoms with van der Waals surface area (Å²) in [5.74, 6) is 0. The number of alkyl halides is 1. The van der Waals surface area contributed by atoms with Gasteiger partial charge < -0.3 is 19.5 Å². The fourth-order valence-corrected chi connectivity index (χ4v) is 2.52. The summed E-state index contributed by atoms with van der Waals surface area (Å²) in [6.45, 7) is 4.56. The molecule has 2 aromatic rings. The predicted molar refractivity (Wildman–Crippen MR) is 119 cm³/mol. The summed E-state index contributed by atoms with van der Waals surface area (Å²) in [6, 6.07) is 14.5. The van der Waals surface area contributed by atoms with E-state index in [0.29, 0.717) is 25.8 Å². The molecular formula is C22H28ClFN2O3. The van der Waals surface area contributed by atoms with Gasteiger partial charge in [-0.2, -0.15) is 0 Å². The fourth-order valence-electron chi connectivity index (χ4n) is 2.39.